The lowest BCUT2D eigenvalue weighted by molar-refractivity contribution is 0.0388. The molecule has 0 radical (unpaired) electrons. The van der Waals surface area contributed by atoms with Gasteiger partial charge in [-0.15, -0.1) is 0 Å². The first-order valence-corrected chi connectivity index (χ1v) is 4.78. The molecule has 15 heavy (non-hydrogen) atoms. The summed E-state index contributed by atoms with van der Waals surface area (Å²) in [7, 11) is 1.44. The third-order valence-electron chi connectivity index (χ3n) is 2.05. The van der Waals surface area contributed by atoms with Crippen LogP contribution in [0.4, 0.5) is 4.39 Å². The van der Waals surface area contributed by atoms with Gasteiger partial charge in [0.25, 0.3) is 0 Å². The molecule has 1 aromatic carbocycles. The van der Waals surface area contributed by atoms with Gasteiger partial charge in [-0.05, 0) is 19.1 Å². The Kier molecular flexibility index (Phi) is 4.52. The van der Waals surface area contributed by atoms with Gasteiger partial charge in [0.15, 0.2) is 0 Å². The summed E-state index contributed by atoms with van der Waals surface area (Å²) in [4.78, 5) is 0. The number of halogens is 1. The van der Waals surface area contributed by atoms with Gasteiger partial charge in [0, 0.05) is 6.61 Å². The molecule has 84 valence electrons. The van der Waals surface area contributed by atoms with Crippen molar-refractivity contribution in [1.29, 1.82) is 0 Å². The van der Waals surface area contributed by atoms with Gasteiger partial charge in [-0.2, -0.15) is 0 Å². The molecule has 0 aliphatic heterocycles. The van der Waals surface area contributed by atoms with E-state index in [-0.39, 0.29) is 12.2 Å². The molecule has 0 heterocycles. The van der Waals surface area contributed by atoms with E-state index in [0.29, 0.717) is 12.4 Å². The lowest BCUT2D eigenvalue weighted by atomic mass is 10.1. The molecule has 4 heteroatoms. The number of hydrogen-bond acceptors (Lipinski definition) is 3. The fraction of sp³-hybridized carbons (Fsp3) is 0.455. The van der Waals surface area contributed by atoms with Crippen LogP contribution in [0.3, 0.4) is 0 Å². The fourth-order valence-corrected chi connectivity index (χ4v) is 1.33. The number of aliphatic hydroxyl groups is 1. The standard InChI is InChI=1S/C11H15FO3/c1-3-15-7-9(13)11-8(12)5-4-6-10(11)14-2/h4-6,9,13H,3,7H2,1-2H3. The van der Waals surface area contributed by atoms with E-state index in [9.17, 15) is 9.50 Å². The van der Waals surface area contributed by atoms with E-state index in [1.165, 1.54) is 19.2 Å². The van der Waals surface area contributed by atoms with Crippen LogP contribution in [0.15, 0.2) is 18.2 Å². The Morgan fingerprint density at radius 2 is 2.20 bits per heavy atom. The van der Waals surface area contributed by atoms with Gasteiger partial charge >= 0.3 is 0 Å². The van der Waals surface area contributed by atoms with Crippen LogP contribution in [0.1, 0.15) is 18.6 Å². The van der Waals surface area contributed by atoms with Crippen LogP contribution in [0.2, 0.25) is 0 Å². The topological polar surface area (TPSA) is 38.7 Å². The molecule has 0 amide bonds. The average Bonchev–Trinajstić information content (AvgIpc) is 2.25. The van der Waals surface area contributed by atoms with Crippen molar-refractivity contribution < 1.29 is 19.0 Å². The molecule has 0 bridgehead atoms. The van der Waals surface area contributed by atoms with E-state index in [4.69, 9.17) is 9.47 Å². The SMILES string of the molecule is CCOCC(O)c1c(F)cccc1OC. The summed E-state index contributed by atoms with van der Waals surface area (Å²) in [5, 5.41) is 9.70. The molecule has 0 aromatic heterocycles. The van der Waals surface area contributed by atoms with Gasteiger partial charge in [-0.3, -0.25) is 0 Å². The Hall–Kier alpha value is -1.13. The minimum absolute atomic E-state index is 0.0633. The highest BCUT2D eigenvalue weighted by atomic mass is 19.1. The zero-order valence-corrected chi connectivity index (χ0v) is 8.87. The molecular formula is C11H15FO3. The van der Waals surface area contributed by atoms with Crippen molar-refractivity contribution in [1.82, 2.24) is 0 Å². The van der Waals surface area contributed by atoms with E-state index in [1.807, 2.05) is 6.92 Å². The molecule has 0 fully saturated rings. The molecule has 1 unspecified atom stereocenters. The third-order valence-corrected chi connectivity index (χ3v) is 2.05. The Morgan fingerprint density at radius 1 is 1.47 bits per heavy atom. The van der Waals surface area contributed by atoms with E-state index in [1.54, 1.807) is 6.07 Å². The van der Waals surface area contributed by atoms with Gasteiger partial charge in [0.05, 0.1) is 19.3 Å². The average molecular weight is 214 g/mol. The van der Waals surface area contributed by atoms with Crippen LogP contribution in [0.25, 0.3) is 0 Å². The Balaban J connectivity index is 2.90. The maximum absolute atomic E-state index is 13.4. The van der Waals surface area contributed by atoms with E-state index in [2.05, 4.69) is 0 Å². The number of benzene rings is 1. The Morgan fingerprint density at radius 3 is 2.80 bits per heavy atom. The van der Waals surface area contributed by atoms with Gasteiger partial charge in [-0.25, -0.2) is 4.39 Å². The quantitative estimate of drug-likeness (QED) is 0.813. The van der Waals surface area contributed by atoms with Crippen LogP contribution in [-0.2, 0) is 4.74 Å². The largest absolute Gasteiger partial charge is 0.496 e. The predicted octanol–water partition coefficient (Wildman–Crippen LogP) is 1.90. The first kappa shape index (κ1) is 11.9. The number of aliphatic hydroxyl groups excluding tert-OH is 1. The molecule has 0 aliphatic rings. The van der Waals surface area contributed by atoms with Crippen molar-refractivity contribution in [2.75, 3.05) is 20.3 Å². The zero-order chi connectivity index (χ0) is 11.3. The highest BCUT2D eigenvalue weighted by molar-refractivity contribution is 5.36. The second-order valence-electron chi connectivity index (χ2n) is 3.03. The Bertz CT molecular complexity index is 315. The van der Waals surface area contributed by atoms with Crippen LogP contribution in [0, 0.1) is 5.82 Å². The van der Waals surface area contributed by atoms with E-state index in [0.717, 1.165) is 0 Å². The summed E-state index contributed by atoms with van der Waals surface area (Å²) in [6.45, 7) is 2.35. The molecule has 1 rings (SSSR count). The number of rotatable bonds is 5. The first-order valence-electron chi connectivity index (χ1n) is 4.78. The van der Waals surface area contributed by atoms with Crippen molar-refractivity contribution >= 4 is 0 Å². The van der Waals surface area contributed by atoms with Crippen LogP contribution < -0.4 is 4.74 Å². The lowest BCUT2D eigenvalue weighted by Crippen LogP contribution is -2.10. The smallest absolute Gasteiger partial charge is 0.132 e. The summed E-state index contributed by atoms with van der Waals surface area (Å²) >= 11 is 0. The van der Waals surface area contributed by atoms with Crippen molar-refractivity contribution in [3.63, 3.8) is 0 Å². The van der Waals surface area contributed by atoms with Gasteiger partial charge in [-0.1, -0.05) is 6.07 Å². The van der Waals surface area contributed by atoms with E-state index < -0.39 is 11.9 Å². The zero-order valence-electron chi connectivity index (χ0n) is 8.87. The van der Waals surface area contributed by atoms with Crippen LogP contribution >= 0.6 is 0 Å². The second-order valence-corrected chi connectivity index (χ2v) is 3.03. The highest BCUT2D eigenvalue weighted by Gasteiger charge is 2.17. The predicted molar refractivity (Wildman–Crippen MR) is 54.4 cm³/mol. The molecule has 3 nitrogen and oxygen atoms in total. The van der Waals surface area contributed by atoms with Crippen molar-refractivity contribution in [3.05, 3.63) is 29.6 Å². The number of ether oxygens (including phenoxy) is 2. The molecule has 0 saturated carbocycles. The number of methoxy groups -OCH3 is 1. The minimum Gasteiger partial charge on any atom is -0.496 e. The van der Waals surface area contributed by atoms with Gasteiger partial charge in [0.2, 0.25) is 0 Å². The van der Waals surface area contributed by atoms with Gasteiger partial charge in [0.1, 0.15) is 17.7 Å². The molecule has 0 spiro atoms. The molecule has 1 N–H and O–H groups in total. The molecule has 0 saturated heterocycles. The molecule has 0 aliphatic carbocycles. The summed E-state index contributed by atoms with van der Waals surface area (Å²) in [5.74, 6) is -0.149. The van der Waals surface area contributed by atoms with Gasteiger partial charge < -0.3 is 14.6 Å². The minimum atomic E-state index is -0.999. The van der Waals surface area contributed by atoms with E-state index >= 15 is 0 Å². The summed E-state index contributed by atoms with van der Waals surface area (Å²) < 4.78 is 23.4. The third kappa shape index (κ3) is 2.91. The molecule has 1 atom stereocenters. The summed E-state index contributed by atoms with van der Waals surface area (Å²) in [6.07, 6.45) is -0.999. The van der Waals surface area contributed by atoms with Crippen LogP contribution in [-0.4, -0.2) is 25.4 Å². The normalized spacial score (nSPS) is 12.5. The van der Waals surface area contributed by atoms with Crippen molar-refractivity contribution in [2.24, 2.45) is 0 Å². The summed E-state index contributed by atoms with van der Waals surface area (Å²) in [6, 6.07) is 4.42. The highest BCUT2D eigenvalue weighted by Crippen LogP contribution is 2.27. The molecular weight excluding hydrogens is 199 g/mol. The van der Waals surface area contributed by atoms with Crippen LogP contribution in [0.5, 0.6) is 5.75 Å². The maximum Gasteiger partial charge on any atom is 0.132 e. The van der Waals surface area contributed by atoms with Crippen molar-refractivity contribution in [2.45, 2.75) is 13.0 Å². The maximum atomic E-state index is 13.4. The van der Waals surface area contributed by atoms with Crippen molar-refractivity contribution in [3.8, 4) is 5.75 Å². The number of hydrogen-bond donors (Lipinski definition) is 1. The fourth-order valence-electron chi connectivity index (χ4n) is 1.33. The lowest BCUT2D eigenvalue weighted by Gasteiger charge is -2.15. The second kappa shape index (κ2) is 5.68. The summed E-state index contributed by atoms with van der Waals surface area (Å²) in [5.41, 5.74) is 0.147. The first-order chi connectivity index (χ1) is 7.20. The Labute approximate surface area is 88.4 Å². The molecule has 1 aromatic rings. The monoisotopic (exact) mass is 214 g/mol.